The zero-order valence-corrected chi connectivity index (χ0v) is 11.5. The zero-order valence-electron chi connectivity index (χ0n) is 11.5. The van der Waals surface area contributed by atoms with Crippen molar-refractivity contribution in [2.24, 2.45) is 5.92 Å². The molecule has 0 aromatic carbocycles. The van der Waals surface area contributed by atoms with Crippen LogP contribution >= 0.6 is 0 Å². The van der Waals surface area contributed by atoms with E-state index in [0.717, 1.165) is 37.8 Å². The van der Waals surface area contributed by atoms with Crippen molar-refractivity contribution in [3.8, 4) is 5.75 Å². The Morgan fingerprint density at radius 3 is 3.06 bits per heavy atom. The normalized spacial score (nSPS) is 23.9. The van der Waals surface area contributed by atoms with Crippen LogP contribution in [-0.4, -0.2) is 24.7 Å². The molecule has 2 atom stereocenters. The molecule has 2 heterocycles. The number of hydrogen-bond acceptors (Lipinski definition) is 3. The summed E-state index contributed by atoms with van der Waals surface area (Å²) in [7, 11) is 0. The van der Waals surface area contributed by atoms with Gasteiger partial charge >= 0.3 is 0 Å². The first-order valence-electron chi connectivity index (χ1n) is 7.13. The number of rotatable bonds is 5. The van der Waals surface area contributed by atoms with E-state index in [0.29, 0.717) is 5.92 Å². The van der Waals surface area contributed by atoms with Gasteiger partial charge in [-0.1, -0.05) is 20.3 Å². The molecule has 100 valence electrons. The number of ether oxygens (including phenoxy) is 1. The molecule has 2 unspecified atom stereocenters. The van der Waals surface area contributed by atoms with Gasteiger partial charge in [-0.2, -0.15) is 0 Å². The van der Waals surface area contributed by atoms with Crippen LogP contribution in [0.4, 0.5) is 0 Å². The number of hydrogen-bond donors (Lipinski definition) is 1. The smallest absolute Gasteiger partial charge is 0.137 e. The van der Waals surface area contributed by atoms with Gasteiger partial charge in [0, 0.05) is 6.20 Å². The van der Waals surface area contributed by atoms with E-state index in [1.165, 1.54) is 18.4 Å². The molecule has 1 saturated heterocycles. The first-order valence-corrected chi connectivity index (χ1v) is 7.13. The lowest BCUT2D eigenvalue weighted by Crippen LogP contribution is -2.35. The third kappa shape index (κ3) is 3.22. The van der Waals surface area contributed by atoms with Crippen LogP contribution in [0.25, 0.3) is 0 Å². The van der Waals surface area contributed by atoms with E-state index in [2.05, 4.69) is 30.2 Å². The summed E-state index contributed by atoms with van der Waals surface area (Å²) >= 11 is 0. The molecule has 0 aliphatic carbocycles. The second kappa shape index (κ2) is 6.74. The molecule has 0 bridgehead atoms. The van der Waals surface area contributed by atoms with Crippen LogP contribution in [0.15, 0.2) is 18.5 Å². The van der Waals surface area contributed by atoms with Crippen molar-refractivity contribution in [1.29, 1.82) is 0 Å². The first kappa shape index (κ1) is 13.3. The Morgan fingerprint density at radius 2 is 2.28 bits per heavy atom. The molecule has 3 nitrogen and oxygen atoms in total. The van der Waals surface area contributed by atoms with Crippen LogP contribution in [0.1, 0.15) is 44.6 Å². The van der Waals surface area contributed by atoms with Gasteiger partial charge in [0.1, 0.15) is 5.75 Å². The fraction of sp³-hybridized carbons (Fsp3) is 0.667. The van der Waals surface area contributed by atoms with Crippen LogP contribution in [-0.2, 0) is 0 Å². The highest BCUT2D eigenvalue weighted by Gasteiger charge is 2.25. The lowest BCUT2D eigenvalue weighted by molar-refractivity contribution is 0.306. The topological polar surface area (TPSA) is 34.1 Å². The fourth-order valence-electron chi connectivity index (χ4n) is 2.73. The molecule has 1 fully saturated rings. The minimum absolute atomic E-state index is 0.633. The van der Waals surface area contributed by atoms with E-state index in [1.54, 1.807) is 0 Å². The second-order valence-electron chi connectivity index (χ2n) is 5.07. The lowest BCUT2D eigenvalue weighted by Gasteiger charge is -2.31. The Bertz CT molecular complexity index is 367. The largest absolute Gasteiger partial charge is 0.492 e. The molecule has 0 radical (unpaired) electrons. The van der Waals surface area contributed by atoms with E-state index < -0.39 is 0 Å². The molecule has 18 heavy (non-hydrogen) atoms. The molecule has 1 aromatic rings. The molecule has 0 saturated carbocycles. The van der Waals surface area contributed by atoms with Gasteiger partial charge in [-0.3, -0.25) is 4.98 Å². The Morgan fingerprint density at radius 1 is 1.39 bits per heavy atom. The summed E-state index contributed by atoms with van der Waals surface area (Å²) in [6, 6.07) is 2.18. The van der Waals surface area contributed by atoms with Crippen LogP contribution in [0.5, 0.6) is 5.75 Å². The number of aromatic nitrogens is 1. The van der Waals surface area contributed by atoms with Gasteiger partial charge in [-0.25, -0.2) is 0 Å². The average Bonchev–Trinajstić information content (AvgIpc) is 2.45. The van der Waals surface area contributed by atoms with Gasteiger partial charge in [0.25, 0.3) is 0 Å². The number of piperidine rings is 1. The van der Waals surface area contributed by atoms with Gasteiger partial charge in [0.15, 0.2) is 0 Å². The summed E-state index contributed by atoms with van der Waals surface area (Å²) in [6.07, 6.45) is 7.29. The van der Waals surface area contributed by atoms with Gasteiger partial charge in [0.05, 0.1) is 12.8 Å². The maximum absolute atomic E-state index is 5.68. The summed E-state index contributed by atoms with van der Waals surface area (Å²) in [5.74, 6) is 2.28. The summed E-state index contributed by atoms with van der Waals surface area (Å²) in [5, 5.41) is 3.48. The quantitative estimate of drug-likeness (QED) is 0.870. The number of nitrogens with zero attached hydrogens (tertiary/aromatic N) is 1. The molecule has 0 amide bonds. The highest BCUT2D eigenvalue weighted by atomic mass is 16.5. The number of pyridine rings is 1. The Kier molecular flexibility index (Phi) is 5.00. The van der Waals surface area contributed by atoms with Crippen molar-refractivity contribution >= 4 is 0 Å². The lowest BCUT2D eigenvalue weighted by atomic mass is 9.80. The monoisotopic (exact) mass is 248 g/mol. The molecule has 1 N–H and O–H groups in total. The van der Waals surface area contributed by atoms with E-state index in [4.69, 9.17) is 4.74 Å². The standard InChI is InChI=1S/C15H24N2O/c1-3-7-18-14-8-13(10-17-11-14)15-5-6-16-9-12(15)4-2/h8,10-12,15-16H,3-7,9H2,1-2H3. The van der Waals surface area contributed by atoms with Crippen molar-refractivity contribution in [1.82, 2.24) is 10.3 Å². The third-order valence-corrected chi connectivity index (χ3v) is 3.77. The van der Waals surface area contributed by atoms with Crippen LogP contribution in [0.3, 0.4) is 0 Å². The van der Waals surface area contributed by atoms with Crippen molar-refractivity contribution < 1.29 is 4.74 Å². The molecular weight excluding hydrogens is 224 g/mol. The second-order valence-corrected chi connectivity index (χ2v) is 5.07. The maximum atomic E-state index is 5.68. The zero-order chi connectivity index (χ0) is 12.8. The van der Waals surface area contributed by atoms with E-state index in [1.807, 2.05) is 12.4 Å². The van der Waals surface area contributed by atoms with Crippen LogP contribution in [0, 0.1) is 5.92 Å². The molecular formula is C15H24N2O. The van der Waals surface area contributed by atoms with Gasteiger partial charge in [-0.05, 0) is 49.4 Å². The summed E-state index contributed by atoms with van der Waals surface area (Å²) < 4.78 is 5.68. The molecule has 3 heteroatoms. The molecule has 0 spiro atoms. The van der Waals surface area contributed by atoms with Gasteiger partial charge < -0.3 is 10.1 Å². The number of nitrogens with one attached hydrogen (secondary N) is 1. The molecule has 2 rings (SSSR count). The Balaban J connectivity index is 2.10. The Hall–Kier alpha value is -1.09. The summed E-state index contributed by atoms with van der Waals surface area (Å²) in [4.78, 5) is 4.34. The summed E-state index contributed by atoms with van der Waals surface area (Å²) in [5.41, 5.74) is 1.34. The van der Waals surface area contributed by atoms with Crippen LogP contribution in [0.2, 0.25) is 0 Å². The third-order valence-electron chi connectivity index (χ3n) is 3.77. The molecule has 1 aromatic heterocycles. The first-order chi connectivity index (χ1) is 8.85. The Labute approximate surface area is 110 Å². The predicted octanol–water partition coefficient (Wildman–Crippen LogP) is 2.97. The predicted molar refractivity (Wildman–Crippen MR) is 74.0 cm³/mol. The maximum Gasteiger partial charge on any atom is 0.137 e. The van der Waals surface area contributed by atoms with Gasteiger partial charge in [-0.15, -0.1) is 0 Å². The molecule has 1 aliphatic heterocycles. The molecule has 1 aliphatic rings. The van der Waals surface area contributed by atoms with Crippen molar-refractivity contribution in [2.45, 2.75) is 39.0 Å². The van der Waals surface area contributed by atoms with E-state index in [-0.39, 0.29) is 0 Å². The minimum Gasteiger partial charge on any atom is -0.492 e. The summed E-state index contributed by atoms with van der Waals surface area (Å²) in [6.45, 7) is 7.41. The SMILES string of the molecule is CCCOc1cncc(C2CCNCC2CC)c1. The average molecular weight is 248 g/mol. The van der Waals surface area contributed by atoms with Crippen molar-refractivity contribution in [3.05, 3.63) is 24.0 Å². The van der Waals surface area contributed by atoms with E-state index >= 15 is 0 Å². The van der Waals surface area contributed by atoms with Gasteiger partial charge in [0.2, 0.25) is 0 Å². The van der Waals surface area contributed by atoms with E-state index in [9.17, 15) is 0 Å². The van der Waals surface area contributed by atoms with Crippen molar-refractivity contribution in [3.63, 3.8) is 0 Å². The van der Waals surface area contributed by atoms with Crippen molar-refractivity contribution in [2.75, 3.05) is 19.7 Å². The fourth-order valence-corrected chi connectivity index (χ4v) is 2.73. The highest BCUT2D eigenvalue weighted by Crippen LogP contribution is 2.33. The minimum atomic E-state index is 0.633. The highest BCUT2D eigenvalue weighted by molar-refractivity contribution is 5.27. The van der Waals surface area contributed by atoms with Crippen LogP contribution < -0.4 is 10.1 Å².